The van der Waals surface area contributed by atoms with Gasteiger partial charge in [0.2, 0.25) is 0 Å². The van der Waals surface area contributed by atoms with Gasteiger partial charge in [-0.05, 0) is 42.5 Å². The van der Waals surface area contributed by atoms with Crippen molar-refractivity contribution in [2.45, 2.75) is 6.54 Å². The third kappa shape index (κ3) is 4.40. The van der Waals surface area contributed by atoms with Crippen molar-refractivity contribution >= 4 is 62.0 Å². The van der Waals surface area contributed by atoms with E-state index in [1.54, 1.807) is 6.26 Å². The molecule has 1 N–H and O–H groups in total. The number of esters is 1. The molecule has 152 valence electrons. The summed E-state index contributed by atoms with van der Waals surface area (Å²) in [6, 6.07) is 9.68. The van der Waals surface area contributed by atoms with E-state index in [0.29, 0.717) is 15.0 Å². The van der Waals surface area contributed by atoms with Crippen molar-refractivity contribution in [3.8, 4) is 0 Å². The number of thiocarbonyl (C=S) groups is 1. The molecular weight excluding hydrogens is 430 g/mol. The van der Waals surface area contributed by atoms with Gasteiger partial charge >= 0.3 is 5.97 Å². The quantitative estimate of drug-likeness (QED) is 0.466. The Labute approximate surface area is 183 Å². The molecule has 4 rings (SSSR count). The average molecular weight is 450 g/mol. The molecule has 1 fully saturated rings. The normalized spacial score (nSPS) is 14.9. The maximum absolute atomic E-state index is 11.9. The van der Waals surface area contributed by atoms with Crippen molar-refractivity contribution in [1.82, 2.24) is 9.80 Å². The van der Waals surface area contributed by atoms with E-state index in [0.717, 1.165) is 54.3 Å². The van der Waals surface area contributed by atoms with Crippen LogP contribution in [0.15, 0.2) is 41.0 Å². The first kappa shape index (κ1) is 20.2. The van der Waals surface area contributed by atoms with E-state index in [4.69, 9.17) is 33.0 Å². The minimum atomic E-state index is -0.423. The van der Waals surface area contributed by atoms with Crippen LogP contribution in [0.4, 0.5) is 5.69 Å². The predicted octanol–water partition coefficient (Wildman–Crippen LogP) is 4.45. The number of nitrogens with one attached hydrogen (secondary N) is 1. The summed E-state index contributed by atoms with van der Waals surface area (Å²) in [5, 5.41) is 5.26. The molecule has 2 aromatic heterocycles. The molecule has 1 aliphatic rings. The van der Waals surface area contributed by atoms with Gasteiger partial charge in [0.1, 0.15) is 10.6 Å². The van der Waals surface area contributed by atoms with E-state index in [9.17, 15) is 4.79 Å². The second-order valence-electron chi connectivity index (χ2n) is 6.72. The van der Waals surface area contributed by atoms with Gasteiger partial charge in [-0.25, -0.2) is 4.79 Å². The van der Waals surface area contributed by atoms with Gasteiger partial charge in [0.05, 0.1) is 24.9 Å². The number of nitrogens with zero attached hydrogens (tertiary/aromatic N) is 2. The number of rotatable bonds is 4. The number of furan rings is 1. The van der Waals surface area contributed by atoms with Gasteiger partial charge in [-0.2, -0.15) is 0 Å². The highest BCUT2D eigenvalue weighted by Gasteiger charge is 2.21. The Kier molecular flexibility index (Phi) is 6.05. The minimum absolute atomic E-state index is 0.413. The van der Waals surface area contributed by atoms with E-state index in [1.807, 2.05) is 30.3 Å². The summed E-state index contributed by atoms with van der Waals surface area (Å²) < 4.78 is 11.1. The van der Waals surface area contributed by atoms with Crippen molar-refractivity contribution in [1.29, 1.82) is 0 Å². The van der Waals surface area contributed by atoms with Crippen LogP contribution in [0.2, 0.25) is 5.02 Å². The van der Waals surface area contributed by atoms with Gasteiger partial charge in [0.25, 0.3) is 0 Å². The molecule has 0 aliphatic carbocycles. The fraction of sp³-hybridized carbons (Fsp3) is 0.300. The molecule has 6 nitrogen and oxygen atoms in total. The second kappa shape index (κ2) is 8.71. The molecule has 0 saturated carbocycles. The standard InChI is InChI=1S/C20H20ClN3O3S2/c1-26-19(25)18-17(21)15-5-4-13(11-16(15)29-18)22-20(28)24-8-6-23(7-9-24)12-14-3-2-10-27-14/h2-5,10-11H,6-9,12H2,1H3,(H,22,28). The molecule has 29 heavy (non-hydrogen) atoms. The number of anilines is 1. The van der Waals surface area contributed by atoms with E-state index >= 15 is 0 Å². The number of hydrogen-bond acceptors (Lipinski definition) is 6. The van der Waals surface area contributed by atoms with Crippen LogP contribution in [0.5, 0.6) is 0 Å². The zero-order chi connectivity index (χ0) is 20.4. The molecule has 0 unspecified atom stereocenters. The first-order valence-electron chi connectivity index (χ1n) is 9.16. The van der Waals surface area contributed by atoms with Gasteiger partial charge in [-0.1, -0.05) is 11.6 Å². The van der Waals surface area contributed by atoms with Crippen LogP contribution < -0.4 is 5.32 Å². The SMILES string of the molecule is COC(=O)c1sc2cc(NC(=S)N3CCN(Cc4ccco4)CC3)ccc2c1Cl. The second-order valence-corrected chi connectivity index (χ2v) is 8.54. The molecular formula is C20H20ClN3O3S2. The number of thiophene rings is 1. The van der Waals surface area contributed by atoms with E-state index < -0.39 is 5.97 Å². The number of halogens is 1. The molecule has 3 heterocycles. The van der Waals surface area contributed by atoms with E-state index in [1.165, 1.54) is 18.4 Å². The molecule has 0 radical (unpaired) electrons. The van der Waals surface area contributed by atoms with Gasteiger partial charge in [0, 0.05) is 42.0 Å². The van der Waals surface area contributed by atoms with Crippen molar-refractivity contribution in [3.05, 3.63) is 52.3 Å². The smallest absolute Gasteiger partial charge is 0.349 e. The summed E-state index contributed by atoms with van der Waals surface area (Å²) in [4.78, 5) is 16.8. The highest BCUT2D eigenvalue weighted by atomic mass is 35.5. The summed E-state index contributed by atoms with van der Waals surface area (Å²) >= 11 is 13.2. The van der Waals surface area contributed by atoms with Crippen LogP contribution >= 0.6 is 35.2 Å². The van der Waals surface area contributed by atoms with Crippen LogP contribution in [0, 0.1) is 0 Å². The summed E-state index contributed by atoms with van der Waals surface area (Å²) in [5.74, 6) is 0.557. The lowest BCUT2D eigenvalue weighted by atomic mass is 10.2. The maximum Gasteiger partial charge on any atom is 0.349 e. The van der Waals surface area contributed by atoms with Crippen LogP contribution in [-0.4, -0.2) is 54.2 Å². The Morgan fingerprint density at radius 1 is 1.31 bits per heavy atom. The Morgan fingerprint density at radius 3 is 2.79 bits per heavy atom. The Hall–Kier alpha value is -2.13. The van der Waals surface area contributed by atoms with Crippen molar-refractivity contribution in [2.24, 2.45) is 0 Å². The van der Waals surface area contributed by atoms with Crippen molar-refractivity contribution < 1.29 is 13.9 Å². The number of ether oxygens (including phenoxy) is 1. The molecule has 1 aliphatic heterocycles. The number of carbonyl (C=O) groups excluding carboxylic acids is 1. The number of fused-ring (bicyclic) bond motifs is 1. The monoisotopic (exact) mass is 449 g/mol. The van der Waals surface area contributed by atoms with Crippen LogP contribution in [-0.2, 0) is 11.3 Å². The number of benzene rings is 1. The Balaban J connectivity index is 1.38. The van der Waals surface area contributed by atoms with Crippen LogP contribution in [0.25, 0.3) is 10.1 Å². The predicted molar refractivity (Wildman–Crippen MR) is 120 cm³/mol. The fourth-order valence-electron chi connectivity index (χ4n) is 3.30. The molecule has 3 aromatic rings. The number of methoxy groups -OCH3 is 1. The third-order valence-corrected chi connectivity index (χ3v) is 6.87. The largest absolute Gasteiger partial charge is 0.468 e. The molecule has 0 atom stereocenters. The summed E-state index contributed by atoms with van der Waals surface area (Å²) in [6.45, 7) is 4.37. The van der Waals surface area contributed by atoms with Gasteiger partial charge < -0.3 is 19.4 Å². The average Bonchev–Trinajstić information content (AvgIpc) is 3.35. The number of carbonyl (C=O) groups is 1. The lowest BCUT2D eigenvalue weighted by Crippen LogP contribution is -2.49. The van der Waals surface area contributed by atoms with E-state index in [-0.39, 0.29) is 0 Å². The number of piperazine rings is 1. The molecule has 0 bridgehead atoms. The molecule has 0 spiro atoms. The third-order valence-electron chi connectivity index (χ3n) is 4.87. The summed E-state index contributed by atoms with van der Waals surface area (Å²) in [7, 11) is 1.35. The van der Waals surface area contributed by atoms with Gasteiger partial charge in [-0.15, -0.1) is 11.3 Å². The van der Waals surface area contributed by atoms with Gasteiger partial charge in [-0.3, -0.25) is 4.90 Å². The molecule has 9 heteroatoms. The maximum atomic E-state index is 11.9. The van der Waals surface area contributed by atoms with Crippen molar-refractivity contribution in [3.63, 3.8) is 0 Å². The molecule has 0 amide bonds. The topological polar surface area (TPSA) is 58.0 Å². The first-order chi connectivity index (χ1) is 14.0. The summed E-state index contributed by atoms with van der Waals surface area (Å²) in [6.07, 6.45) is 1.70. The lowest BCUT2D eigenvalue weighted by Gasteiger charge is -2.35. The van der Waals surface area contributed by atoms with Gasteiger partial charge in [0.15, 0.2) is 5.11 Å². The minimum Gasteiger partial charge on any atom is -0.468 e. The zero-order valence-electron chi connectivity index (χ0n) is 15.8. The molecule has 1 aromatic carbocycles. The lowest BCUT2D eigenvalue weighted by molar-refractivity contribution is 0.0606. The molecule has 1 saturated heterocycles. The van der Waals surface area contributed by atoms with Crippen molar-refractivity contribution in [2.75, 3.05) is 38.6 Å². The highest BCUT2D eigenvalue weighted by molar-refractivity contribution is 7.80. The Bertz CT molecular complexity index is 1030. The summed E-state index contributed by atoms with van der Waals surface area (Å²) in [5.41, 5.74) is 0.870. The van der Waals surface area contributed by atoms with E-state index in [2.05, 4.69) is 15.1 Å². The first-order valence-corrected chi connectivity index (χ1v) is 10.8. The van der Waals surface area contributed by atoms with Crippen LogP contribution in [0.3, 0.4) is 0 Å². The highest BCUT2D eigenvalue weighted by Crippen LogP contribution is 2.37. The van der Waals surface area contributed by atoms with Crippen LogP contribution in [0.1, 0.15) is 15.4 Å². The zero-order valence-corrected chi connectivity index (χ0v) is 18.2. The fourth-order valence-corrected chi connectivity index (χ4v) is 5.07. The Morgan fingerprint density at radius 2 is 2.10 bits per heavy atom. The number of hydrogen-bond donors (Lipinski definition) is 1.